The van der Waals surface area contributed by atoms with E-state index in [1.54, 1.807) is 30.3 Å². The Morgan fingerprint density at radius 1 is 0.846 bits per heavy atom. The standard InChI is InChI=1S/C30H24N2O7/c33-19-9-11-21-25(14-19)38-26-15-20(34)10-12-22(26)30(21)23-8-4-7-18(27(23)29(37)39-30)16-31-32-24(28(35)36)13-17-5-2-1-3-6-17/h1-12,14-15,24,31-34H,13,16H2,(H,35,36). The fourth-order valence-corrected chi connectivity index (χ4v) is 5.28. The zero-order valence-corrected chi connectivity index (χ0v) is 20.5. The minimum Gasteiger partial charge on any atom is -0.508 e. The molecule has 9 nitrogen and oxygen atoms in total. The fraction of sp³-hybridized carbons (Fsp3) is 0.133. The molecular weight excluding hydrogens is 500 g/mol. The summed E-state index contributed by atoms with van der Waals surface area (Å²) in [6, 6.07) is 22.9. The molecule has 0 amide bonds. The van der Waals surface area contributed by atoms with Crippen LogP contribution in [0.15, 0.2) is 84.9 Å². The van der Waals surface area contributed by atoms with Gasteiger partial charge in [-0.15, -0.1) is 0 Å². The van der Waals surface area contributed by atoms with Crippen molar-refractivity contribution in [2.75, 3.05) is 0 Å². The number of phenols is 2. The Morgan fingerprint density at radius 3 is 2.15 bits per heavy atom. The molecule has 0 aromatic heterocycles. The number of aliphatic carboxylic acids is 1. The van der Waals surface area contributed by atoms with Gasteiger partial charge in [-0.25, -0.2) is 10.2 Å². The third-order valence-electron chi connectivity index (χ3n) is 7.02. The van der Waals surface area contributed by atoms with Crippen molar-refractivity contribution < 1.29 is 34.4 Å². The second kappa shape index (κ2) is 9.46. The van der Waals surface area contributed by atoms with Gasteiger partial charge in [-0.2, -0.15) is 0 Å². The number of ether oxygens (including phenoxy) is 2. The van der Waals surface area contributed by atoms with E-state index in [0.29, 0.717) is 39.3 Å². The average Bonchev–Trinajstić information content (AvgIpc) is 3.21. The van der Waals surface area contributed by atoms with Crippen molar-refractivity contribution in [2.24, 2.45) is 0 Å². The van der Waals surface area contributed by atoms with E-state index >= 15 is 0 Å². The molecule has 4 aromatic carbocycles. The Morgan fingerprint density at radius 2 is 1.51 bits per heavy atom. The predicted octanol–water partition coefficient (Wildman–Crippen LogP) is 3.96. The number of fused-ring (bicyclic) bond motifs is 6. The van der Waals surface area contributed by atoms with Crippen LogP contribution in [-0.4, -0.2) is 33.3 Å². The maximum Gasteiger partial charge on any atom is 0.340 e. The molecule has 4 aromatic rings. The number of nitrogens with one attached hydrogen (secondary N) is 2. The molecule has 39 heavy (non-hydrogen) atoms. The highest BCUT2D eigenvalue weighted by Crippen LogP contribution is 2.57. The highest BCUT2D eigenvalue weighted by atomic mass is 16.6. The van der Waals surface area contributed by atoms with Gasteiger partial charge in [-0.3, -0.25) is 10.2 Å². The van der Waals surface area contributed by atoms with Crippen molar-refractivity contribution in [1.82, 2.24) is 10.9 Å². The summed E-state index contributed by atoms with van der Waals surface area (Å²) in [5.74, 6) is -1.02. The molecule has 6 rings (SSSR count). The molecule has 0 saturated carbocycles. The highest BCUT2D eigenvalue weighted by molar-refractivity contribution is 5.98. The maximum atomic E-state index is 13.5. The third-order valence-corrected chi connectivity index (χ3v) is 7.02. The van der Waals surface area contributed by atoms with Gasteiger partial charge in [0.05, 0.1) is 5.56 Å². The summed E-state index contributed by atoms with van der Waals surface area (Å²) in [5, 5.41) is 29.9. The van der Waals surface area contributed by atoms with Crippen LogP contribution in [0.2, 0.25) is 0 Å². The number of phenolic OH excluding ortho intramolecular Hbond substituents is 2. The van der Waals surface area contributed by atoms with E-state index in [-0.39, 0.29) is 24.5 Å². The Kier molecular flexibility index (Phi) is 5.94. The smallest absolute Gasteiger partial charge is 0.340 e. The van der Waals surface area contributed by atoms with Gasteiger partial charge in [-0.1, -0.05) is 48.5 Å². The number of esters is 1. The van der Waals surface area contributed by atoms with Crippen LogP contribution in [0.5, 0.6) is 23.0 Å². The number of hydrazine groups is 1. The zero-order chi connectivity index (χ0) is 27.1. The molecule has 2 aliphatic rings. The number of carboxylic acids is 1. The minimum absolute atomic E-state index is 0.0236. The van der Waals surface area contributed by atoms with E-state index in [1.165, 1.54) is 24.3 Å². The summed E-state index contributed by atoms with van der Waals surface area (Å²) in [7, 11) is 0. The van der Waals surface area contributed by atoms with Gasteiger partial charge in [0.2, 0.25) is 0 Å². The Labute approximate surface area is 223 Å². The van der Waals surface area contributed by atoms with E-state index < -0.39 is 23.6 Å². The third kappa shape index (κ3) is 4.14. The van der Waals surface area contributed by atoms with Gasteiger partial charge in [0.15, 0.2) is 5.60 Å². The Bertz CT molecular complexity index is 1550. The van der Waals surface area contributed by atoms with Crippen molar-refractivity contribution in [1.29, 1.82) is 0 Å². The monoisotopic (exact) mass is 524 g/mol. The van der Waals surface area contributed by atoms with Gasteiger partial charge >= 0.3 is 11.9 Å². The number of hydrogen-bond acceptors (Lipinski definition) is 8. The second-order valence-corrected chi connectivity index (χ2v) is 9.45. The molecule has 1 atom stereocenters. The number of carbonyl (C=O) groups is 2. The van der Waals surface area contributed by atoms with Crippen LogP contribution in [0.3, 0.4) is 0 Å². The lowest BCUT2D eigenvalue weighted by molar-refractivity contribution is -0.139. The van der Waals surface area contributed by atoms with Crippen molar-refractivity contribution in [2.45, 2.75) is 24.6 Å². The molecule has 0 fully saturated rings. The second-order valence-electron chi connectivity index (χ2n) is 9.45. The number of carbonyl (C=O) groups excluding carboxylic acids is 1. The molecule has 0 bridgehead atoms. The number of aromatic hydroxyl groups is 2. The lowest BCUT2D eigenvalue weighted by Gasteiger charge is -2.36. The van der Waals surface area contributed by atoms with Crippen molar-refractivity contribution >= 4 is 11.9 Å². The molecule has 1 unspecified atom stereocenters. The fourth-order valence-electron chi connectivity index (χ4n) is 5.28. The van der Waals surface area contributed by atoms with Crippen LogP contribution in [0.4, 0.5) is 0 Å². The van der Waals surface area contributed by atoms with Crippen LogP contribution in [0.1, 0.15) is 38.2 Å². The summed E-state index contributed by atoms with van der Waals surface area (Å²) < 4.78 is 12.1. The molecular formula is C30H24N2O7. The van der Waals surface area contributed by atoms with Crippen LogP contribution < -0.4 is 15.6 Å². The Hall–Kier alpha value is -4.86. The number of carboxylic acid groups (broad SMARTS) is 1. The Balaban J connectivity index is 1.35. The van der Waals surface area contributed by atoms with Crippen molar-refractivity contribution in [3.8, 4) is 23.0 Å². The van der Waals surface area contributed by atoms with Gasteiger partial charge in [0, 0.05) is 35.4 Å². The molecule has 5 N–H and O–H groups in total. The number of rotatable bonds is 7. The van der Waals surface area contributed by atoms with E-state index in [9.17, 15) is 24.9 Å². The minimum atomic E-state index is -1.36. The molecule has 0 radical (unpaired) electrons. The lowest BCUT2D eigenvalue weighted by Crippen LogP contribution is -2.46. The van der Waals surface area contributed by atoms with Crippen LogP contribution >= 0.6 is 0 Å². The summed E-state index contributed by atoms with van der Waals surface area (Å²) in [5.41, 5.74) is 7.93. The molecule has 0 saturated heterocycles. The molecule has 0 aliphatic carbocycles. The first-order chi connectivity index (χ1) is 18.9. The molecule has 2 aliphatic heterocycles. The molecule has 9 heteroatoms. The van der Waals surface area contributed by atoms with E-state index in [1.807, 2.05) is 30.3 Å². The van der Waals surface area contributed by atoms with Gasteiger partial charge in [0.25, 0.3) is 0 Å². The lowest BCUT2D eigenvalue weighted by atomic mass is 9.77. The van der Waals surface area contributed by atoms with Crippen LogP contribution in [-0.2, 0) is 28.1 Å². The zero-order valence-electron chi connectivity index (χ0n) is 20.5. The van der Waals surface area contributed by atoms with Gasteiger partial charge in [-0.05, 0) is 41.8 Å². The van der Waals surface area contributed by atoms with Gasteiger partial charge in [0.1, 0.15) is 29.0 Å². The summed E-state index contributed by atoms with van der Waals surface area (Å²) >= 11 is 0. The summed E-state index contributed by atoms with van der Waals surface area (Å²) in [6.07, 6.45) is 0.272. The van der Waals surface area contributed by atoms with Gasteiger partial charge < -0.3 is 24.8 Å². The molecule has 196 valence electrons. The quantitative estimate of drug-likeness (QED) is 0.180. The van der Waals surface area contributed by atoms with E-state index in [4.69, 9.17) is 9.47 Å². The largest absolute Gasteiger partial charge is 0.508 e. The predicted molar refractivity (Wildman–Crippen MR) is 140 cm³/mol. The maximum absolute atomic E-state index is 13.5. The normalized spacial score (nSPS) is 15.0. The van der Waals surface area contributed by atoms with E-state index in [2.05, 4.69) is 10.9 Å². The van der Waals surface area contributed by atoms with Crippen LogP contribution in [0.25, 0.3) is 0 Å². The first kappa shape index (κ1) is 24.5. The molecule has 1 spiro atoms. The van der Waals surface area contributed by atoms with Crippen LogP contribution in [0, 0.1) is 0 Å². The SMILES string of the molecule is O=C1OC2(c3ccc(O)cc3Oc3cc(O)ccc32)c2cccc(CNNC(Cc3ccccc3)C(=O)O)c21. The first-order valence-electron chi connectivity index (χ1n) is 12.3. The van der Waals surface area contributed by atoms with E-state index in [0.717, 1.165) is 5.56 Å². The highest BCUT2D eigenvalue weighted by Gasteiger charge is 2.54. The average molecular weight is 525 g/mol. The summed E-state index contributed by atoms with van der Waals surface area (Å²) in [6.45, 7) is 0.147. The topological polar surface area (TPSA) is 137 Å². The number of hydrogen-bond donors (Lipinski definition) is 5. The number of benzene rings is 4. The first-order valence-corrected chi connectivity index (χ1v) is 12.3. The van der Waals surface area contributed by atoms with Crippen molar-refractivity contribution in [3.05, 3.63) is 118 Å². The van der Waals surface area contributed by atoms with Crippen molar-refractivity contribution in [3.63, 3.8) is 0 Å². The molecule has 2 heterocycles. The summed E-state index contributed by atoms with van der Waals surface area (Å²) in [4.78, 5) is 25.3.